The Morgan fingerprint density at radius 1 is 0.875 bits per heavy atom. The molecule has 0 saturated heterocycles. The molecule has 4 aromatic carbocycles. The van der Waals surface area contributed by atoms with Crippen LogP contribution in [0.5, 0.6) is 11.5 Å². The smallest absolute Gasteiger partial charge is 0.295 e. The van der Waals surface area contributed by atoms with Crippen LogP contribution < -0.4 is 0 Å². The van der Waals surface area contributed by atoms with Crippen LogP contribution in [-0.4, -0.2) is 33.2 Å². The van der Waals surface area contributed by atoms with E-state index in [1.165, 1.54) is 24.3 Å². The monoisotopic (exact) mass is 446 g/mol. The Bertz CT molecular complexity index is 1640. The molecule has 7 nitrogen and oxygen atoms in total. The number of para-hydroxylation sites is 1. The van der Waals surface area contributed by atoms with E-state index in [1.807, 2.05) is 37.3 Å². The predicted molar refractivity (Wildman–Crippen MR) is 122 cm³/mol. The van der Waals surface area contributed by atoms with Gasteiger partial charge in [0.05, 0.1) is 16.5 Å². The van der Waals surface area contributed by atoms with Crippen molar-refractivity contribution in [3.8, 4) is 34.0 Å². The van der Waals surface area contributed by atoms with Gasteiger partial charge in [-0.1, -0.05) is 48.5 Å². The first-order chi connectivity index (χ1) is 15.3. The molecular weight excluding hydrogens is 428 g/mol. The first-order valence-electron chi connectivity index (χ1n) is 9.76. The van der Waals surface area contributed by atoms with E-state index in [1.54, 1.807) is 12.1 Å². The van der Waals surface area contributed by atoms with Crippen LogP contribution in [-0.2, 0) is 10.1 Å². The van der Waals surface area contributed by atoms with Gasteiger partial charge in [-0.2, -0.15) is 8.42 Å². The minimum Gasteiger partial charge on any atom is -0.507 e. The average Bonchev–Trinajstić information content (AvgIpc) is 3.17. The fourth-order valence-corrected chi connectivity index (χ4v) is 4.77. The van der Waals surface area contributed by atoms with E-state index in [0.29, 0.717) is 28.0 Å². The van der Waals surface area contributed by atoms with Crippen LogP contribution in [0.3, 0.4) is 0 Å². The van der Waals surface area contributed by atoms with Crippen molar-refractivity contribution < 1.29 is 23.2 Å². The lowest BCUT2D eigenvalue weighted by Gasteiger charge is -2.10. The average molecular weight is 446 g/mol. The molecule has 4 N–H and O–H groups in total. The Morgan fingerprint density at radius 3 is 2.31 bits per heavy atom. The second-order valence-corrected chi connectivity index (χ2v) is 8.94. The zero-order chi connectivity index (χ0) is 22.6. The van der Waals surface area contributed by atoms with Crippen LogP contribution in [0.4, 0.5) is 0 Å². The molecule has 5 rings (SSSR count). The zero-order valence-electron chi connectivity index (χ0n) is 16.9. The first kappa shape index (κ1) is 20.0. The highest BCUT2D eigenvalue weighted by molar-refractivity contribution is 7.86. The summed E-state index contributed by atoms with van der Waals surface area (Å²) in [7, 11) is -4.56. The number of phenolic OH excluding ortho intramolecular Hbond substituents is 2. The van der Waals surface area contributed by atoms with Gasteiger partial charge in [0.1, 0.15) is 27.7 Å². The van der Waals surface area contributed by atoms with E-state index in [0.717, 1.165) is 11.1 Å². The molecule has 5 aromatic rings. The molecule has 0 fully saturated rings. The lowest BCUT2D eigenvalue weighted by Crippen LogP contribution is -1.99. The predicted octanol–water partition coefficient (Wildman–Crippen LogP) is 5.02. The Kier molecular flexibility index (Phi) is 4.44. The summed E-state index contributed by atoms with van der Waals surface area (Å²) in [6, 6.07) is 18.6. The van der Waals surface area contributed by atoms with E-state index >= 15 is 0 Å². The second kappa shape index (κ2) is 7.08. The van der Waals surface area contributed by atoms with Crippen molar-refractivity contribution in [1.82, 2.24) is 9.97 Å². The molecule has 1 aromatic heterocycles. The quantitative estimate of drug-likeness (QED) is 0.289. The number of nitrogens with zero attached hydrogens (tertiary/aromatic N) is 1. The Hall–Kier alpha value is -3.88. The number of imidazole rings is 1. The molecule has 0 aliphatic carbocycles. The molecule has 0 amide bonds. The molecule has 0 atom stereocenters. The van der Waals surface area contributed by atoms with Crippen molar-refractivity contribution in [3.05, 3.63) is 72.3 Å². The van der Waals surface area contributed by atoms with Gasteiger partial charge < -0.3 is 15.2 Å². The summed E-state index contributed by atoms with van der Waals surface area (Å²) in [6.45, 7) is 1.95. The maximum absolute atomic E-state index is 12.0. The van der Waals surface area contributed by atoms with Gasteiger partial charge in [-0.05, 0) is 36.2 Å². The molecule has 0 unspecified atom stereocenters. The number of aromatic amines is 1. The third kappa shape index (κ3) is 3.08. The van der Waals surface area contributed by atoms with Crippen LogP contribution in [0.2, 0.25) is 0 Å². The van der Waals surface area contributed by atoms with Gasteiger partial charge in [0, 0.05) is 10.9 Å². The van der Waals surface area contributed by atoms with Gasteiger partial charge >= 0.3 is 0 Å². The number of H-pyrrole nitrogens is 1. The molecule has 1 heterocycles. The molecule has 32 heavy (non-hydrogen) atoms. The van der Waals surface area contributed by atoms with Crippen LogP contribution in [0.15, 0.2) is 71.6 Å². The summed E-state index contributed by atoms with van der Waals surface area (Å²) in [5.74, 6) is 0.142. The third-order valence-corrected chi connectivity index (χ3v) is 6.45. The number of aromatic hydroxyl groups is 2. The molecular formula is C24H18N2O5S. The number of benzene rings is 4. The van der Waals surface area contributed by atoms with E-state index in [9.17, 15) is 23.2 Å². The summed E-state index contributed by atoms with van der Waals surface area (Å²) in [6.07, 6.45) is 0. The second-order valence-electron chi connectivity index (χ2n) is 7.55. The van der Waals surface area contributed by atoms with Crippen LogP contribution in [0.25, 0.3) is 44.3 Å². The molecule has 0 spiro atoms. The number of fused-ring (bicyclic) bond motifs is 3. The normalized spacial score (nSPS) is 11.9. The largest absolute Gasteiger partial charge is 0.507 e. The highest BCUT2D eigenvalue weighted by Crippen LogP contribution is 2.41. The number of rotatable bonds is 3. The molecule has 0 saturated carbocycles. The van der Waals surface area contributed by atoms with Crippen LogP contribution >= 0.6 is 0 Å². The number of phenols is 2. The number of nitrogens with one attached hydrogen (secondary N) is 1. The lowest BCUT2D eigenvalue weighted by molar-refractivity contribution is 0.478. The number of hydrogen-bond donors (Lipinski definition) is 4. The van der Waals surface area contributed by atoms with E-state index in [2.05, 4.69) is 9.97 Å². The topological polar surface area (TPSA) is 124 Å². The highest BCUT2D eigenvalue weighted by atomic mass is 32.2. The lowest BCUT2D eigenvalue weighted by atomic mass is 9.97. The summed E-state index contributed by atoms with van der Waals surface area (Å²) in [5.41, 5.74) is 3.54. The standard InChI is InChI=1S/C24H18N2O5S/c1-13-6-2-3-7-14(13)15-8-4-10-17(23(15)28)24-25-18-12-20(32(29,30)31)16-9-5-11-19(27)21(16)22(18)26-24/h2-12,27-28H,1H3,(H,25,26)(H,29,30,31). The summed E-state index contributed by atoms with van der Waals surface area (Å²) in [5, 5.41) is 21.8. The van der Waals surface area contributed by atoms with Crippen molar-refractivity contribution in [3.63, 3.8) is 0 Å². The molecule has 8 heteroatoms. The summed E-state index contributed by atoms with van der Waals surface area (Å²) < 4.78 is 33.6. The van der Waals surface area contributed by atoms with Gasteiger partial charge in [0.2, 0.25) is 0 Å². The minimum atomic E-state index is -4.56. The van der Waals surface area contributed by atoms with E-state index < -0.39 is 10.1 Å². The van der Waals surface area contributed by atoms with E-state index in [-0.39, 0.29) is 27.2 Å². The Morgan fingerprint density at radius 2 is 1.56 bits per heavy atom. The highest BCUT2D eigenvalue weighted by Gasteiger charge is 2.22. The maximum atomic E-state index is 12.0. The number of aryl methyl sites for hydroxylation is 1. The van der Waals surface area contributed by atoms with Gasteiger partial charge in [0.15, 0.2) is 0 Å². The van der Waals surface area contributed by atoms with Crippen molar-refractivity contribution >= 4 is 31.9 Å². The van der Waals surface area contributed by atoms with Crippen molar-refractivity contribution in [1.29, 1.82) is 0 Å². The summed E-state index contributed by atoms with van der Waals surface area (Å²) in [4.78, 5) is 7.24. The van der Waals surface area contributed by atoms with Crippen molar-refractivity contribution in [2.45, 2.75) is 11.8 Å². The van der Waals surface area contributed by atoms with E-state index in [4.69, 9.17) is 0 Å². The maximum Gasteiger partial charge on any atom is 0.295 e. The minimum absolute atomic E-state index is 0.0180. The first-order valence-corrected chi connectivity index (χ1v) is 11.2. The van der Waals surface area contributed by atoms with Crippen LogP contribution in [0.1, 0.15) is 5.56 Å². The van der Waals surface area contributed by atoms with Crippen LogP contribution in [0, 0.1) is 6.92 Å². The fraction of sp³-hybridized carbons (Fsp3) is 0.0417. The zero-order valence-corrected chi connectivity index (χ0v) is 17.7. The molecule has 0 aliphatic heterocycles. The van der Waals surface area contributed by atoms with Crippen molar-refractivity contribution in [2.24, 2.45) is 0 Å². The number of aromatic nitrogens is 2. The van der Waals surface area contributed by atoms with Crippen molar-refractivity contribution in [2.75, 3.05) is 0 Å². The molecule has 0 aliphatic rings. The fourth-order valence-electron chi connectivity index (χ4n) is 4.05. The van der Waals surface area contributed by atoms with Gasteiger partial charge in [-0.3, -0.25) is 4.55 Å². The Balaban J connectivity index is 1.80. The van der Waals surface area contributed by atoms with Gasteiger partial charge in [-0.15, -0.1) is 0 Å². The molecule has 0 bridgehead atoms. The third-order valence-electron chi connectivity index (χ3n) is 5.56. The summed E-state index contributed by atoms with van der Waals surface area (Å²) >= 11 is 0. The molecule has 0 radical (unpaired) electrons. The van der Waals surface area contributed by atoms with Gasteiger partial charge in [-0.25, -0.2) is 4.98 Å². The Labute approximate surface area is 183 Å². The SMILES string of the molecule is Cc1ccccc1-c1cccc(-c2nc3c(cc(S(=O)(=O)O)c4cccc(O)c43)[nH]2)c1O. The molecule has 160 valence electrons. The number of hydrogen-bond acceptors (Lipinski definition) is 5. The van der Waals surface area contributed by atoms with Gasteiger partial charge in [0.25, 0.3) is 10.1 Å².